The van der Waals surface area contributed by atoms with Gasteiger partial charge in [-0.3, -0.25) is 4.79 Å². The van der Waals surface area contributed by atoms with E-state index in [0.29, 0.717) is 23.6 Å². The summed E-state index contributed by atoms with van der Waals surface area (Å²) in [6, 6.07) is 12.0. The Labute approximate surface area is 175 Å². The van der Waals surface area contributed by atoms with E-state index in [9.17, 15) is 13.2 Å². The van der Waals surface area contributed by atoms with Crippen LogP contribution in [-0.2, 0) is 10.0 Å². The molecule has 1 aromatic heterocycles. The Morgan fingerprint density at radius 1 is 1.13 bits per heavy atom. The number of aryl methyl sites for hydroxylation is 2. The number of likely N-dealkylation sites (tertiary alicyclic amines) is 1. The minimum absolute atomic E-state index is 0.102. The van der Waals surface area contributed by atoms with Gasteiger partial charge >= 0.3 is 0 Å². The fourth-order valence-corrected chi connectivity index (χ4v) is 4.82. The summed E-state index contributed by atoms with van der Waals surface area (Å²) in [7, 11) is -1.93. The van der Waals surface area contributed by atoms with Crippen molar-refractivity contribution in [2.75, 3.05) is 18.9 Å². The molecule has 1 amide bonds. The smallest absolute Gasteiger partial charge is 0.283 e. The number of fused-ring (bicyclic) bond motifs is 1. The van der Waals surface area contributed by atoms with Gasteiger partial charge in [0.1, 0.15) is 11.5 Å². The largest absolute Gasteiger partial charge is 0.362 e. The first-order valence-electron chi connectivity index (χ1n) is 9.79. The average Bonchev–Trinajstić information content (AvgIpc) is 3.28. The lowest BCUT2D eigenvalue weighted by Gasteiger charge is -2.11. The Kier molecular flexibility index (Phi) is 5.11. The highest BCUT2D eigenvalue weighted by atomic mass is 32.2. The molecule has 1 saturated heterocycles. The summed E-state index contributed by atoms with van der Waals surface area (Å²) in [5.41, 5.74) is 4.10. The molecule has 4 rings (SSSR count). The van der Waals surface area contributed by atoms with Crippen molar-refractivity contribution in [1.29, 1.82) is 0 Å². The van der Waals surface area contributed by atoms with Crippen LogP contribution in [0.1, 0.15) is 34.5 Å². The fourth-order valence-electron chi connectivity index (χ4n) is 3.73. The number of anilines is 1. The molecule has 0 atom stereocenters. The zero-order valence-corrected chi connectivity index (χ0v) is 18.0. The van der Waals surface area contributed by atoms with E-state index in [-0.39, 0.29) is 10.8 Å². The van der Waals surface area contributed by atoms with Crippen molar-refractivity contribution >= 4 is 38.4 Å². The highest BCUT2D eigenvalue weighted by molar-refractivity contribution is 7.90. The molecule has 156 valence electrons. The maximum absolute atomic E-state index is 12.6. The quantitative estimate of drug-likeness (QED) is 0.665. The number of carbonyl (C=O) groups excluding carboxylic acids is 1. The third-order valence-electron chi connectivity index (χ3n) is 5.30. The van der Waals surface area contributed by atoms with E-state index in [1.165, 1.54) is 12.1 Å². The Morgan fingerprint density at radius 2 is 1.87 bits per heavy atom. The molecule has 0 aliphatic carbocycles. The SMILES string of the molecule is Cc1cc(C)c2cc(C(=O)Nc3ccc(S(=O)(=O)/N=C4\CCCN4C)cc3)[nH]c2c1. The van der Waals surface area contributed by atoms with Crippen molar-refractivity contribution in [3.8, 4) is 0 Å². The average molecular weight is 425 g/mol. The summed E-state index contributed by atoms with van der Waals surface area (Å²) in [6.45, 7) is 4.83. The molecular formula is C22H24N4O3S. The zero-order valence-electron chi connectivity index (χ0n) is 17.2. The van der Waals surface area contributed by atoms with Crippen LogP contribution in [-0.4, -0.2) is 43.6 Å². The molecule has 3 aromatic rings. The van der Waals surface area contributed by atoms with Gasteiger partial charge in [0.05, 0.1) is 4.90 Å². The highest BCUT2D eigenvalue weighted by Gasteiger charge is 2.20. The van der Waals surface area contributed by atoms with Gasteiger partial charge in [-0.25, -0.2) is 0 Å². The van der Waals surface area contributed by atoms with Crippen LogP contribution in [0.3, 0.4) is 0 Å². The molecule has 2 aromatic carbocycles. The van der Waals surface area contributed by atoms with Gasteiger partial charge < -0.3 is 15.2 Å². The predicted octanol–water partition coefficient (Wildman–Crippen LogP) is 3.85. The number of H-pyrrole nitrogens is 1. The minimum atomic E-state index is -3.77. The first-order valence-corrected chi connectivity index (χ1v) is 11.2. The van der Waals surface area contributed by atoms with E-state index in [1.807, 2.05) is 37.9 Å². The number of amidine groups is 1. The van der Waals surface area contributed by atoms with Gasteiger partial charge in [-0.15, -0.1) is 4.40 Å². The first kappa shape index (κ1) is 20.2. The molecule has 1 aliphatic heterocycles. The number of hydrogen-bond donors (Lipinski definition) is 2. The summed E-state index contributed by atoms with van der Waals surface area (Å²) in [5.74, 6) is 0.295. The molecule has 0 unspecified atom stereocenters. The second kappa shape index (κ2) is 7.60. The molecule has 0 bridgehead atoms. The van der Waals surface area contributed by atoms with E-state index >= 15 is 0 Å². The van der Waals surface area contributed by atoms with Gasteiger partial charge in [-0.2, -0.15) is 8.42 Å². The van der Waals surface area contributed by atoms with Crippen molar-refractivity contribution < 1.29 is 13.2 Å². The molecule has 7 nitrogen and oxygen atoms in total. The summed E-state index contributed by atoms with van der Waals surface area (Å²) in [5, 5.41) is 3.81. The summed E-state index contributed by atoms with van der Waals surface area (Å²) in [6.07, 6.45) is 1.57. The van der Waals surface area contributed by atoms with Crippen LogP contribution in [0.15, 0.2) is 51.8 Å². The number of nitrogens with zero attached hydrogens (tertiary/aromatic N) is 2. The number of amides is 1. The van der Waals surface area contributed by atoms with Crippen LogP contribution in [0, 0.1) is 13.8 Å². The first-order chi connectivity index (χ1) is 14.2. The standard InChI is InChI=1S/C22H24N4O3S/c1-14-11-15(2)18-13-20(24-19(18)12-14)22(27)23-16-6-8-17(9-7-16)30(28,29)25-21-5-4-10-26(21)3/h6-9,11-13,24H,4-5,10H2,1-3H3,(H,23,27)/b25-21+. The number of rotatable bonds is 4. The van der Waals surface area contributed by atoms with E-state index in [1.54, 1.807) is 12.1 Å². The Bertz CT molecular complexity index is 1260. The maximum atomic E-state index is 12.6. The van der Waals surface area contributed by atoms with Gasteiger partial charge in [0.15, 0.2) is 0 Å². The molecule has 0 spiro atoms. The van der Waals surface area contributed by atoms with E-state index < -0.39 is 10.0 Å². The third-order valence-corrected chi connectivity index (χ3v) is 6.62. The lowest BCUT2D eigenvalue weighted by molar-refractivity contribution is 0.102. The lowest BCUT2D eigenvalue weighted by atomic mass is 10.1. The van der Waals surface area contributed by atoms with Crippen LogP contribution in [0.2, 0.25) is 0 Å². The number of nitrogens with one attached hydrogen (secondary N) is 2. The van der Waals surface area contributed by atoms with Gasteiger partial charge in [0.25, 0.3) is 15.9 Å². The molecule has 0 saturated carbocycles. The predicted molar refractivity (Wildman–Crippen MR) is 119 cm³/mol. The van der Waals surface area contributed by atoms with Crippen LogP contribution in [0.5, 0.6) is 0 Å². The maximum Gasteiger partial charge on any atom is 0.283 e. The third kappa shape index (κ3) is 3.95. The Balaban J connectivity index is 1.52. The molecule has 2 N–H and O–H groups in total. The van der Waals surface area contributed by atoms with Crippen LogP contribution < -0.4 is 5.32 Å². The van der Waals surface area contributed by atoms with Crippen LogP contribution in [0.25, 0.3) is 10.9 Å². The molecule has 2 heterocycles. The monoisotopic (exact) mass is 424 g/mol. The molecule has 1 aliphatic rings. The highest BCUT2D eigenvalue weighted by Crippen LogP contribution is 2.23. The Morgan fingerprint density at radius 3 is 2.53 bits per heavy atom. The summed E-state index contributed by atoms with van der Waals surface area (Å²) < 4.78 is 29.0. The number of hydrogen-bond acceptors (Lipinski definition) is 3. The topological polar surface area (TPSA) is 94.6 Å². The number of aromatic amines is 1. The van der Waals surface area contributed by atoms with Gasteiger partial charge in [-0.1, -0.05) is 6.07 Å². The van der Waals surface area contributed by atoms with Crippen molar-refractivity contribution in [2.45, 2.75) is 31.6 Å². The van der Waals surface area contributed by atoms with E-state index in [4.69, 9.17) is 0 Å². The van der Waals surface area contributed by atoms with E-state index in [0.717, 1.165) is 35.0 Å². The number of sulfonamides is 1. The normalized spacial score (nSPS) is 15.8. The van der Waals surface area contributed by atoms with Gasteiger partial charge in [0.2, 0.25) is 0 Å². The number of aromatic nitrogens is 1. The molecule has 8 heteroatoms. The molecular weight excluding hydrogens is 400 g/mol. The van der Waals surface area contributed by atoms with Crippen molar-refractivity contribution in [3.63, 3.8) is 0 Å². The second-order valence-electron chi connectivity index (χ2n) is 7.71. The van der Waals surface area contributed by atoms with Gasteiger partial charge in [-0.05, 0) is 67.8 Å². The second-order valence-corrected chi connectivity index (χ2v) is 9.32. The van der Waals surface area contributed by atoms with Crippen molar-refractivity contribution in [1.82, 2.24) is 9.88 Å². The van der Waals surface area contributed by atoms with Crippen molar-refractivity contribution in [3.05, 3.63) is 59.3 Å². The van der Waals surface area contributed by atoms with Crippen molar-refractivity contribution in [2.24, 2.45) is 4.40 Å². The van der Waals surface area contributed by atoms with Crippen LogP contribution in [0.4, 0.5) is 5.69 Å². The lowest BCUT2D eigenvalue weighted by Crippen LogP contribution is -2.20. The number of carbonyl (C=O) groups is 1. The Hall–Kier alpha value is -3.13. The zero-order chi connectivity index (χ0) is 21.5. The molecule has 30 heavy (non-hydrogen) atoms. The van der Waals surface area contributed by atoms with Gasteiger partial charge in [0, 0.05) is 36.6 Å². The summed E-state index contributed by atoms with van der Waals surface area (Å²) >= 11 is 0. The van der Waals surface area contributed by atoms with E-state index in [2.05, 4.69) is 20.8 Å². The summed E-state index contributed by atoms with van der Waals surface area (Å²) in [4.78, 5) is 17.7. The fraction of sp³-hybridized carbons (Fsp3) is 0.273. The minimum Gasteiger partial charge on any atom is -0.362 e. The molecule has 1 fully saturated rings. The number of benzene rings is 2. The van der Waals surface area contributed by atoms with Crippen LogP contribution >= 0.6 is 0 Å². The molecule has 0 radical (unpaired) electrons.